The Bertz CT molecular complexity index is 792. The third kappa shape index (κ3) is 5.62. The molecule has 1 aliphatic heterocycles. The Morgan fingerprint density at radius 3 is 2.52 bits per heavy atom. The van der Waals surface area contributed by atoms with Crippen LogP contribution in [0.5, 0.6) is 11.5 Å². The van der Waals surface area contributed by atoms with E-state index in [9.17, 15) is 9.59 Å². The summed E-state index contributed by atoms with van der Waals surface area (Å²) in [5.74, 6) is 0.931. The van der Waals surface area contributed by atoms with E-state index in [-0.39, 0.29) is 24.9 Å². The van der Waals surface area contributed by atoms with E-state index in [4.69, 9.17) is 16.3 Å². The summed E-state index contributed by atoms with van der Waals surface area (Å²) in [6, 6.07) is 14.5. The van der Waals surface area contributed by atoms with E-state index in [1.54, 1.807) is 23.1 Å². The molecular formula is C20H22ClN3O3. The molecule has 142 valence electrons. The maximum atomic E-state index is 12.1. The first-order valence-corrected chi connectivity index (χ1v) is 9.30. The molecule has 2 aromatic rings. The second kappa shape index (κ2) is 9.28. The largest absolute Gasteiger partial charge is 0.455 e. The van der Waals surface area contributed by atoms with E-state index >= 15 is 0 Å². The Hall–Kier alpha value is -2.73. The van der Waals surface area contributed by atoms with Crippen LogP contribution in [0.4, 0.5) is 5.69 Å². The fraction of sp³-hybridized carbons (Fsp3) is 0.300. The van der Waals surface area contributed by atoms with Crippen LogP contribution in [0.2, 0.25) is 5.02 Å². The molecule has 0 radical (unpaired) electrons. The molecule has 1 saturated heterocycles. The van der Waals surface area contributed by atoms with Gasteiger partial charge in [-0.25, -0.2) is 0 Å². The number of likely N-dealkylation sites (tertiary alicyclic amines) is 1. The molecule has 1 fully saturated rings. The summed E-state index contributed by atoms with van der Waals surface area (Å²) < 4.78 is 5.85. The predicted octanol–water partition coefficient (Wildman–Crippen LogP) is 3.28. The fourth-order valence-corrected chi connectivity index (χ4v) is 3.01. The van der Waals surface area contributed by atoms with Crippen molar-refractivity contribution in [1.29, 1.82) is 0 Å². The number of halogens is 1. The molecule has 1 aliphatic rings. The van der Waals surface area contributed by atoms with Crippen LogP contribution in [0.1, 0.15) is 12.8 Å². The minimum atomic E-state index is -0.270. The highest BCUT2D eigenvalue weighted by atomic mass is 35.5. The Labute approximate surface area is 163 Å². The highest BCUT2D eigenvalue weighted by molar-refractivity contribution is 6.30. The quantitative estimate of drug-likeness (QED) is 0.764. The smallest absolute Gasteiger partial charge is 0.241 e. The van der Waals surface area contributed by atoms with E-state index in [0.717, 1.165) is 25.9 Å². The average Bonchev–Trinajstić information content (AvgIpc) is 3.22. The normalized spacial score (nSPS) is 13.3. The van der Waals surface area contributed by atoms with Crippen molar-refractivity contribution in [1.82, 2.24) is 10.2 Å². The van der Waals surface area contributed by atoms with Crippen LogP contribution in [0.25, 0.3) is 0 Å². The number of anilines is 1. The Morgan fingerprint density at radius 2 is 1.78 bits per heavy atom. The van der Waals surface area contributed by atoms with E-state index in [2.05, 4.69) is 10.6 Å². The van der Waals surface area contributed by atoms with Gasteiger partial charge >= 0.3 is 0 Å². The third-order valence-electron chi connectivity index (χ3n) is 4.25. The maximum absolute atomic E-state index is 12.1. The van der Waals surface area contributed by atoms with E-state index in [0.29, 0.717) is 22.2 Å². The average molecular weight is 388 g/mol. The second-order valence-corrected chi connectivity index (χ2v) is 6.71. The number of rotatable bonds is 7. The van der Waals surface area contributed by atoms with Gasteiger partial charge in [-0.1, -0.05) is 29.8 Å². The lowest BCUT2D eigenvalue weighted by Gasteiger charge is -2.16. The lowest BCUT2D eigenvalue weighted by molar-refractivity contribution is -0.131. The fourth-order valence-electron chi connectivity index (χ4n) is 2.84. The van der Waals surface area contributed by atoms with Crippen molar-refractivity contribution in [3.8, 4) is 11.5 Å². The standard InChI is InChI=1S/C20H22ClN3O3/c21-15-8-9-18(27-16-6-2-1-3-7-16)17(12-15)22-13-19(25)23-14-20(26)24-10-4-5-11-24/h1-3,6-9,12,22H,4-5,10-11,13-14H2,(H,23,25). The maximum Gasteiger partial charge on any atom is 0.241 e. The molecular weight excluding hydrogens is 366 g/mol. The van der Waals surface area contributed by atoms with Crippen molar-refractivity contribution in [2.24, 2.45) is 0 Å². The van der Waals surface area contributed by atoms with Crippen LogP contribution in [-0.2, 0) is 9.59 Å². The zero-order valence-electron chi connectivity index (χ0n) is 14.9. The van der Waals surface area contributed by atoms with Crippen molar-refractivity contribution in [2.75, 3.05) is 31.5 Å². The van der Waals surface area contributed by atoms with Crippen molar-refractivity contribution in [3.05, 3.63) is 53.6 Å². The summed E-state index contributed by atoms with van der Waals surface area (Å²) in [5, 5.41) is 6.20. The molecule has 0 aromatic heterocycles. The Morgan fingerprint density at radius 1 is 1.04 bits per heavy atom. The Balaban J connectivity index is 1.54. The molecule has 2 N–H and O–H groups in total. The lowest BCUT2D eigenvalue weighted by atomic mass is 10.2. The van der Waals surface area contributed by atoms with Gasteiger partial charge in [0.05, 0.1) is 18.8 Å². The highest BCUT2D eigenvalue weighted by Crippen LogP contribution is 2.31. The zero-order valence-corrected chi connectivity index (χ0v) is 15.7. The van der Waals surface area contributed by atoms with Gasteiger partial charge < -0.3 is 20.3 Å². The van der Waals surface area contributed by atoms with Gasteiger partial charge in [-0.3, -0.25) is 9.59 Å². The van der Waals surface area contributed by atoms with E-state index in [1.807, 2.05) is 30.3 Å². The number of amides is 2. The molecule has 0 atom stereocenters. The van der Waals surface area contributed by atoms with E-state index < -0.39 is 0 Å². The molecule has 0 unspecified atom stereocenters. The molecule has 27 heavy (non-hydrogen) atoms. The van der Waals surface area contributed by atoms with Crippen LogP contribution < -0.4 is 15.4 Å². The molecule has 2 amide bonds. The van der Waals surface area contributed by atoms with Crippen LogP contribution in [0, 0.1) is 0 Å². The first-order chi connectivity index (χ1) is 13.1. The van der Waals surface area contributed by atoms with Crippen molar-refractivity contribution in [2.45, 2.75) is 12.8 Å². The first kappa shape index (κ1) is 19.0. The van der Waals surface area contributed by atoms with Crippen LogP contribution in [0.3, 0.4) is 0 Å². The number of nitrogens with one attached hydrogen (secondary N) is 2. The molecule has 2 aromatic carbocycles. The van der Waals surface area contributed by atoms with Gasteiger partial charge in [-0.05, 0) is 43.2 Å². The van der Waals surface area contributed by atoms with Gasteiger partial charge in [0.1, 0.15) is 5.75 Å². The predicted molar refractivity (Wildman–Crippen MR) is 105 cm³/mol. The lowest BCUT2D eigenvalue weighted by Crippen LogP contribution is -2.40. The summed E-state index contributed by atoms with van der Waals surface area (Å²) in [4.78, 5) is 25.8. The number of carbonyl (C=O) groups is 2. The highest BCUT2D eigenvalue weighted by Gasteiger charge is 2.18. The number of nitrogens with zero attached hydrogens (tertiary/aromatic N) is 1. The molecule has 0 bridgehead atoms. The second-order valence-electron chi connectivity index (χ2n) is 6.27. The molecule has 3 rings (SSSR count). The molecule has 7 heteroatoms. The van der Waals surface area contributed by atoms with Gasteiger partial charge in [0.2, 0.25) is 11.8 Å². The van der Waals surface area contributed by atoms with Crippen LogP contribution >= 0.6 is 11.6 Å². The van der Waals surface area contributed by atoms with Crippen molar-refractivity contribution in [3.63, 3.8) is 0 Å². The number of hydrogen-bond acceptors (Lipinski definition) is 4. The Kier molecular flexibility index (Phi) is 6.54. The van der Waals surface area contributed by atoms with Gasteiger partial charge in [0, 0.05) is 18.1 Å². The SMILES string of the molecule is O=C(CNc1cc(Cl)ccc1Oc1ccccc1)NCC(=O)N1CCCC1. The molecule has 1 heterocycles. The minimum Gasteiger partial charge on any atom is -0.455 e. The molecule has 0 saturated carbocycles. The number of benzene rings is 2. The summed E-state index contributed by atoms with van der Waals surface area (Å²) in [6.07, 6.45) is 2.06. The topological polar surface area (TPSA) is 70.7 Å². The minimum absolute atomic E-state index is 0.0127. The summed E-state index contributed by atoms with van der Waals surface area (Å²) in [6.45, 7) is 1.58. The number of ether oxygens (including phenoxy) is 1. The summed E-state index contributed by atoms with van der Waals surface area (Å²) >= 11 is 6.06. The summed E-state index contributed by atoms with van der Waals surface area (Å²) in [7, 11) is 0. The molecule has 6 nitrogen and oxygen atoms in total. The van der Waals surface area contributed by atoms with E-state index in [1.165, 1.54) is 0 Å². The van der Waals surface area contributed by atoms with Crippen LogP contribution in [0.15, 0.2) is 48.5 Å². The van der Waals surface area contributed by atoms with Crippen LogP contribution in [-0.4, -0.2) is 42.9 Å². The first-order valence-electron chi connectivity index (χ1n) is 8.92. The van der Waals surface area contributed by atoms with Crippen molar-refractivity contribution >= 4 is 29.1 Å². The third-order valence-corrected chi connectivity index (χ3v) is 4.48. The van der Waals surface area contributed by atoms with Crippen molar-refractivity contribution < 1.29 is 14.3 Å². The van der Waals surface area contributed by atoms with Gasteiger partial charge in [0.25, 0.3) is 0 Å². The number of carbonyl (C=O) groups excluding carboxylic acids is 2. The summed E-state index contributed by atoms with van der Waals surface area (Å²) in [5.41, 5.74) is 0.604. The number of hydrogen-bond donors (Lipinski definition) is 2. The van der Waals surface area contributed by atoms with Gasteiger partial charge in [-0.2, -0.15) is 0 Å². The zero-order chi connectivity index (χ0) is 19.1. The molecule has 0 aliphatic carbocycles. The van der Waals surface area contributed by atoms with Gasteiger partial charge in [-0.15, -0.1) is 0 Å². The van der Waals surface area contributed by atoms with Gasteiger partial charge in [0.15, 0.2) is 5.75 Å². The monoisotopic (exact) mass is 387 g/mol. The number of para-hydroxylation sites is 1. The molecule has 0 spiro atoms.